The molecule has 9 heteroatoms. The second-order valence-electron chi connectivity index (χ2n) is 4.76. The van der Waals surface area contributed by atoms with Crippen LogP contribution in [0.25, 0.3) is 0 Å². The minimum absolute atomic E-state index is 0.00587. The topological polar surface area (TPSA) is 101 Å². The summed E-state index contributed by atoms with van der Waals surface area (Å²) < 4.78 is 50.1. The van der Waals surface area contributed by atoms with Gasteiger partial charge in [-0.2, -0.15) is 12.7 Å². The van der Waals surface area contributed by atoms with Crippen molar-refractivity contribution in [1.29, 1.82) is 0 Å². The van der Waals surface area contributed by atoms with Crippen LogP contribution in [0.4, 0.5) is 5.69 Å². The van der Waals surface area contributed by atoms with Gasteiger partial charge in [-0.15, -0.1) is 0 Å². The molecule has 0 amide bonds. The number of hydrogen-bond acceptors (Lipinski definition) is 4. The van der Waals surface area contributed by atoms with Crippen LogP contribution in [0.3, 0.4) is 0 Å². The van der Waals surface area contributed by atoms with Crippen LogP contribution >= 0.6 is 0 Å². The molecule has 1 aliphatic heterocycles. The second-order valence-corrected chi connectivity index (χ2v) is 8.36. The third-order valence-corrected chi connectivity index (χ3v) is 6.07. The van der Waals surface area contributed by atoms with Gasteiger partial charge in [-0.05, 0) is 30.5 Å². The predicted molar refractivity (Wildman–Crippen MR) is 76.1 cm³/mol. The first-order valence-corrected chi connectivity index (χ1v) is 8.95. The fourth-order valence-electron chi connectivity index (χ4n) is 2.26. The molecule has 0 saturated heterocycles. The van der Waals surface area contributed by atoms with Gasteiger partial charge in [-0.25, -0.2) is 13.6 Å². The largest absolute Gasteiger partial charge is 0.303 e. The molecule has 0 saturated carbocycles. The number of rotatable bonds is 3. The van der Waals surface area contributed by atoms with Gasteiger partial charge in [-0.3, -0.25) is 4.31 Å². The smallest absolute Gasteiger partial charge is 0.257 e. The third kappa shape index (κ3) is 2.53. The Bertz CT molecular complexity index is 726. The van der Waals surface area contributed by atoms with Gasteiger partial charge >= 0.3 is 10.2 Å². The highest BCUT2D eigenvalue weighted by molar-refractivity contribution is 7.90. The van der Waals surface area contributed by atoms with E-state index in [0.29, 0.717) is 30.6 Å². The maximum absolute atomic E-state index is 12.3. The summed E-state index contributed by atoms with van der Waals surface area (Å²) in [6.07, 6.45) is 1.04. The molecule has 2 N–H and O–H groups in total. The lowest BCUT2D eigenvalue weighted by atomic mass is 10.0. The van der Waals surface area contributed by atoms with Crippen molar-refractivity contribution in [3.05, 3.63) is 23.8 Å². The first kappa shape index (κ1) is 15.2. The van der Waals surface area contributed by atoms with E-state index in [1.54, 1.807) is 6.07 Å². The summed E-state index contributed by atoms with van der Waals surface area (Å²) in [5, 5.41) is 5.19. The molecule has 0 aliphatic carbocycles. The Labute approximate surface area is 119 Å². The lowest BCUT2D eigenvalue weighted by molar-refractivity contribution is 0.512. The van der Waals surface area contributed by atoms with Crippen LogP contribution in [0, 0.1) is 0 Å². The van der Waals surface area contributed by atoms with Gasteiger partial charge in [-0.1, -0.05) is 6.07 Å². The van der Waals surface area contributed by atoms with Crippen molar-refractivity contribution in [2.24, 2.45) is 5.14 Å². The standard InChI is InChI=1S/C11H17N3O4S2/c1-13(2)20(17,18)14-8-4-5-9-10(14)6-3-7-11(9)19(12,15)16/h3,6-7H,4-5,8H2,1-2H3,(H2,12,15,16). The molecule has 0 spiro atoms. The summed E-state index contributed by atoms with van der Waals surface area (Å²) >= 11 is 0. The predicted octanol–water partition coefficient (Wildman–Crippen LogP) is -0.107. The average molecular weight is 319 g/mol. The monoisotopic (exact) mass is 319 g/mol. The maximum atomic E-state index is 12.3. The molecule has 2 rings (SSSR count). The number of benzene rings is 1. The summed E-state index contributed by atoms with van der Waals surface area (Å²) in [5.41, 5.74) is 0.850. The van der Waals surface area contributed by atoms with E-state index >= 15 is 0 Å². The van der Waals surface area contributed by atoms with Crippen LogP contribution in [-0.2, 0) is 26.7 Å². The summed E-state index contributed by atoms with van der Waals surface area (Å²) in [4.78, 5) is -0.00587. The Morgan fingerprint density at radius 2 is 1.85 bits per heavy atom. The van der Waals surface area contributed by atoms with Crippen molar-refractivity contribution < 1.29 is 16.8 Å². The van der Waals surface area contributed by atoms with E-state index < -0.39 is 20.2 Å². The molecule has 1 aromatic carbocycles. The van der Waals surface area contributed by atoms with Crippen LogP contribution in [0.1, 0.15) is 12.0 Å². The number of nitrogens with zero attached hydrogens (tertiary/aromatic N) is 2. The molecule has 0 atom stereocenters. The van der Waals surface area contributed by atoms with E-state index in [4.69, 9.17) is 5.14 Å². The fraction of sp³-hybridized carbons (Fsp3) is 0.455. The number of anilines is 1. The molecule has 0 unspecified atom stereocenters. The van der Waals surface area contributed by atoms with Crippen LogP contribution in [0.15, 0.2) is 23.1 Å². The summed E-state index contributed by atoms with van der Waals surface area (Å²) in [6, 6.07) is 4.51. The zero-order valence-corrected chi connectivity index (χ0v) is 12.9. The fourth-order valence-corrected chi connectivity index (χ4v) is 4.25. The van der Waals surface area contributed by atoms with Crippen molar-refractivity contribution in [2.75, 3.05) is 24.9 Å². The van der Waals surface area contributed by atoms with Crippen LogP contribution < -0.4 is 9.44 Å². The van der Waals surface area contributed by atoms with Crippen molar-refractivity contribution in [2.45, 2.75) is 17.7 Å². The van der Waals surface area contributed by atoms with Gasteiger partial charge in [0.15, 0.2) is 0 Å². The highest BCUT2D eigenvalue weighted by Gasteiger charge is 2.31. The van der Waals surface area contributed by atoms with E-state index in [2.05, 4.69) is 0 Å². The van der Waals surface area contributed by atoms with Gasteiger partial charge in [0.2, 0.25) is 10.0 Å². The molecule has 0 aromatic heterocycles. The quantitative estimate of drug-likeness (QED) is 0.840. The van der Waals surface area contributed by atoms with Crippen molar-refractivity contribution in [3.63, 3.8) is 0 Å². The molecule has 0 bridgehead atoms. The zero-order valence-electron chi connectivity index (χ0n) is 11.3. The van der Waals surface area contributed by atoms with E-state index in [-0.39, 0.29) is 4.90 Å². The minimum atomic E-state index is -3.87. The van der Waals surface area contributed by atoms with Gasteiger partial charge < -0.3 is 0 Å². The Kier molecular flexibility index (Phi) is 3.80. The number of nitrogens with two attached hydrogens (primary N) is 1. The first-order valence-electron chi connectivity index (χ1n) is 6.00. The average Bonchev–Trinajstić information content (AvgIpc) is 2.35. The first-order chi connectivity index (χ1) is 9.15. The lowest BCUT2D eigenvalue weighted by Crippen LogP contribution is -2.43. The Morgan fingerprint density at radius 1 is 1.20 bits per heavy atom. The summed E-state index contributed by atoms with van der Waals surface area (Å²) in [7, 11) is -4.64. The Balaban J connectivity index is 2.65. The van der Waals surface area contributed by atoms with Gasteiger partial charge in [0.25, 0.3) is 0 Å². The van der Waals surface area contributed by atoms with Gasteiger partial charge in [0.1, 0.15) is 0 Å². The van der Waals surface area contributed by atoms with Gasteiger partial charge in [0.05, 0.1) is 10.6 Å². The number of fused-ring (bicyclic) bond motifs is 1. The minimum Gasteiger partial charge on any atom is -0.257 e. The zero-order chi connectivity index (χ0) is 15.1. The van der Waals surface area contributed by atoms with Crippen LogP contribution in [0.5, 0.6) is 0 Å². The molecule has 20 heavy (non-hydrogen) atoms. The Morgan fingerprint density at radius 3 is 2.40 bits per heavy atom. The molecule has 112 valence electrons. The molecule has 0 fully saturated rings. The van der Waals surface area contributed by atoms with E-state index in [0.717, 1.165) is 4.31 Å². The highest BCUT2D eigenvalue weighted by Crippen LogP contribution is 2.33. The van der Waals surface area contributed by atoms with Crippen LogP contribution in [-0.4, -0.2) is 41.8 Å². The summed E-state index contributed by atoms with van der Waals surface area (Å²) in [5.74, 6) is 0. The number of sulfonamides is 1. The van der Waals surface area contributed by atoms with Crippen molar-refractivity contribution in [1.82, 2.24) is 4.31 Å². The second kappa shape index (κ2) is 4.99. The molecule has 1 aliphatic rings. The third-order valence-electron chi connectivity index (χ3n) is 3.21. The molecule has 7 nitrogen and oxygen atoms in total. The van der Waals surface area contributed by atoms with E-state index in [9.17, 15) is 16.8 Å². The maximum Gasteiger partial charge on any atom is 0.303 e. The lowest BCUT2D eigenvalue weighted by Gasteiger charge is -2.33. The van der Waals surface area contributed by atoms with Crippen LogP contribution in [0.2, 0.25) is 0 Å². The SMILES string of the molecule is CN(C)S(=O)(=O)N1CCCc2c1cccc2S(N)(=O)=O. The van der Waals surface area contributed by atoms with Crippen molar-refractivity contribution >= 4 is 25.9 Å². The molecule has 1 aromatic rings. The summed E-state index contributed by atoms with van der Waals surface area (Å²) in [6.45, 7) is 0.321. The van der Waals surface area contributed by atoms with Crippen molar-refractivity contribution in [3.8, 4) is 0 Å². The molecular formula is C11H17N3O4S2. The van der Waals surface area contributed by atoms with E-state index in [1.165, 1.54) is 30.5 Å². The number of primary sulfonamides is 1. The molecule has 1 heterocycles. The molecule has 0 radical (unpaired) electrons. The van der Waals surface area contributed by atoms with E-state index in [1.807, 2.05) is 0 Å². The normalized spacial score (nSPS) is 16.3. The Hall–Kier alpha value is -1.16. The molecular weight excluding hydrogens is 302 g/mol. The highest BCUT2D eigenvalue weighted by atomic mass is 32.2. The number of hydrogen-bond donors (Lipinski definition) is 1. The van der Waals surface area contributed by atoms with Gasteiger partial charge in [0, 0.05) is 20.6 Å².